The molecule has 1 N–H and O–H groups in total. The monoisotopic (exact) mass is 471 g/mol. The Hall–Kier alpha value is -2.25. The van der Waals surface area contributed by atoms with Gasteiger partial charge in [0.1, 0.15) is 0 Å². The maximum Gasteiger partial charge on any atom is 0.251 e. The van der Waals surface area contributed by atoms with Crippen LogP contribution in [0.4, 0.5) is 0 Å². The van der Waals surface area contributed by atoms with E-state index in [1.54, 1.807) is 23.5 Å². The lowest BCUT2D eigenvalue weighted by atomic mass is 9.97. The van der Waals surface area contributed by atoms with Gasteiger partial charge in [0.15, 0.2) is 0 Å². The molecule has 1 aliphatic rings. The highest BCUT2D eigenvalue weighted by atomic mass is 79.9. The molecule has 2 heterocycles. The summed E-state index contributed by atoms with van der Waals surface area (Å²) in [6, 6.07) is 15.4. The standard InChI is InChI=1S/C22H22BrN3O2S/c23-17-7-5-15(6-8-17)21(28)24-12-9-20(27)26-13-10-16(11-14-26)22-25-18-3-1-2-4-19(18)29-22/h1-8,16H,9-14H2,(H,24,28). The average Bonchev–Trinajstić information content (AvgIpc) is 3.18. The molecule has 150 valence electrons. The number of amides is 2. The van der Waals surface area contributed by atoms with Crippen molar-refractivity contribution in [2.75, 3.05) is 19.6 Å². The molecule has 0 spiro atoms. The van der Waals surface area contributed by atoms with Crippen LogP contribution >= 0.6 is 27.3 Å². The van der Waals surface area contributed by atoms with Crippen LogP contribution in [0.1, 0.15) is 40.5 Å². The molecule has 0 aliphatic carbocycles. The molecule has 2 aromatic carbocycles. The maximum absolute atomic E-state index is 12.5. The van der Waals surface area contributed by atoms with E-state index in [0.29, 0.717) is 24.4 Å². The van der Waals surface area contributed by atoms with Gasteiger partial charge in [0.2, 0.25) is 5.91 Å². The van der Waals surface area contributed by atoms with Gasteiger partial charge in [0.05, 0.1) is 15.2 Å². The first-order valence-corrected chi connectivity index (χ1v) is 11.4. The summed E-state index contributed by atoms with van der Waals surface area (Å²) in [4.78, 5) is 31.3. The number of hydrogen-bond acceptors (Lipinski definition) is 4. The number of hydrogen-bond donors (Lipinski definition) is 1. The molecule has 1 fully saturated rings. The molecule has 0 bridgehead atoms. The van der Waals surface area contributed by atoms with E-state index in [4.69, 9.17) is 4.98 Å². The summed E-state index contributed by atoms with van der Waals surface area (Å²) in [5.41, 5.74) is 1.66. The van der Waals surface area contributed by atoms with Crippen LogP contribution in [0, 0.1) is 0 Å². The van der Waals surface area contributed by atoms with Gasteiger partial charge in [-0.2, -0.15) is 0 Å². The van der Waals surface area contributed by atoms with E-state index in [1.165, 1.54) is 9.71 Å². The third-order valence-electron chi connectivity index (χ3n) is 5.24. The van der Waals surface area contributed by atoms with E-state index in [-0.39, 0.29) is 11.8 Å². The van der Waals surface area contributed by atoms with Crippen LogP contribution in [0.3, 0.4) is 0 Å². The highest BCUT2D eigenvalue weighted by Crippen LogP contribution is 2.33. The quantitative estimate of drug-likeness (QED) is 0.591. The summed E-state index contributed by atoms with van der Waals surface area (Å²) in [7, 11) is 0. The molecule has 4 rings (SSSR count). The summed E-state index contributed by atoms with van der Waals surface area (Å²) in [6.07, 6.45) is 2.21. The zero-order chi connectivity index (χ0) is 20.2. The Kier molecular flexibility index (Phi) is 6.25. The van der Waals surface area contributed by atoms with Gasteiger partial charge in [0.25, 0.3) is 5.91 Å². The van der Waals surface area contributed by atoms with Crippen molar-refractivity contribution in [2.24, 2.45) is 0 Å². The molecular formula is C22H22BrN3O2S. The van der Waals surface area contributed by atoms with Gasteiger partial charge in [-0.25, -0.2) is 4.98 Å². The molecule has 2 amide bonds. The minimum Gasteiger partial charge on any atom is -0.352 e. The van der Waals surface area contributed by atoms with Gasteiger partial charge in [-0.05, 0) is 49.2 Å². The molecule has 0 atom stereocenters. The number of carbonyl (C=O) groups excluding carboxylic acids is 2. The van der Waals surface area contributed by atoms with E-state index >= 15 is 0 Å². The predicted octanol–water partition coefficient (Wildman–Crippen LogP) is 4.58. The zero-order valence-electron chi connectivity index (χ0n) is 15.9. The zero-order valence-corrected chi connectivity index (χ0v) is 18.3. The summed E-state index contributed by atoms with van der Waals surface area (Å²) < 4.78 is 2.15. The minimum atomic E-state index is -0.153. The summed E-state index contributed by atoms with van der Waals surface area (Å²) in [5.74, 6) is 0.372. The lowest BCUT2D eigenvalue weighted by Crippen LogP contribution is -2.39. The molecule has 29 heavy (non-hydrogen) atoms. The van der Waals surface area contributed by atoms with Gasteiger partial charge < -0.3 is 10.2 Å². The normalized spacial score (nSPS) is 14.9. The molecule has 1 aromatic heterocycles. The number of benzene rings is 2. The number of fused-ring (bicyclic) bond motifs is 1. The number of para-hydroxylation sites is 1. The maximum atomic E-state index is 12.5. The van der Waals surface area contributed by atoms with Crippen molar-refractivity contribution >= 4 is 49.3 Å². The van der Waals surface area contributed by atoms with Crippen LogP contribution in [0.15, 0.2) is 53.0 Å². The van der Waals surface area contributed by atoms with E-state index in [2.05, 4.69) is 33.4 Å². The van der Waals surface area contributed by atoms with Crippen LogP contribution in [-0.4, -0.2) is 41.3 Å². The molecule has 0 saturated carbocycles. The minimum absolute atomic E-state index is 0.101. The second-order valence-electron chi connectivity index (χ2n) is 7.19. The third kappa shape index (κ3) is 4.85. The first-order chi connectivity index (χ1) is 14.1. The fourth-order valence-corrected chi connectivity index (χ4v) is 4.99. The van der Waals surface area contributed by atoms with Crippen molar-refractivity contribution in [3.63, 3.8) is 0 Å². The summed E-state index contributed by atoms with van der Waals surface area (Å²) >= 11 is 5.12. The summed E-state index contributed by atoms with van der Waals surface area (Å²) in [5, 5.41) is 4.01. The number of piperidine rings is 1. The molecular weight excluding hydrogens is 450 g/mol. The Morgan fingerprint density at radius 2 is 1.83 bits per heavy atom. The van der Waals surface area contributed by atoms with Crippen LogP contribution in [-0.2, 0) is 4.79 Å². The van der Waals surface area contributed by atoms with E-state index in [1.807, 2.05) is 29.2 Å². The highest BCUT2D eigenvalue weighted by molar-refractivity contribution is 9.10. The number of aromatic nitrogens is 1. The number of thiazole rings is 1. The molecule has 3 aromatic rings. The van der Waals surface area contributed by atoms with Crippen molar-refractivity contribution in [1.29, 1.82) is 0 Å². The fourth-order valence-electron chi connectivity index (χ4n) is 3.58. The Morgan fingerprint density at radius 1 is 1.10 bits per heavy atom. The number of carbonyl (C=O) groups is 2. The van der Waals surface area contributed by atoms with E-state index in [9.17, 15) is 9.59 Å². The SMILES string of the molecule is O=C(NCCC(=O)N1CCC(c2nc3ccccc3s2)CC1)c1ccc(Br)cc1. The van der Waals surface area contributed by atoms with Gasteiger partial charge in [0, 0.05) is 42.0 Å². The Balaban J connectivity index is 1.23. The van der Waals surface area contributed by atoms with E-state index < -0.39 is 0 Å². The second-order valence-corrected chi connectivity index (χ2v) is 9.17. The highest BCUT2D eigenvalue weighted by Gasteiger charge is 2.25. The molecule has 1 aliphatic heterocycles. The Bertz CT molecular complexity index is 977. The predicted molar refractivity (Wildman–Crippen MR) is 119 cm³/mol. The van der Waals surface area contributed by atoms with Crippen molar-refractivity contribution in [1.82, 2.24) is 15.2 Å². The lowest BCUT2D eigenvalue weighted by Gasteiger charge is -2.31. The molecule has 0 radical (unpaired) electrons. The van der Waals surface area contributed by atoms with Crippen molar-refractivity contribution in [2.45, 2.75) is 25.2 Å². The van der Waals surface area contributed by atoms with E-state index in [0.717, 1.165) is 35.9 Å². The fraction of sp³-hybridized carbons (Fsp3) is 0.318. The molecule has 0 unspecified atom stereocenters. The van der Waals surface area contributed by atoms with Crippen LogP contribution in [0.25, 0.3) is 10.2 Å². The van der Waals surface area contributed by atoms with Crippen LogP contribution in [0.5, 0.6) is 0 Å². The van der Waals surface area contributed by atoms with Crippen molar-refractivity contribution < 1.29 is 9.59 Å². The van der Waals surface area contributed by atoms with Crippen molar-refractivity contribution in [3.05, 3.63) is 63.6 Å². The molecule has 7 heteroatoms. The number of likely N-dealkylation sites (tertiary alicyclic amines) is 1. The number of rotatable bonds is 5. The van der Waals surface area contributed by atoms with Gasteiger partial charge in [-0.1, -0.05) is 28.1 Å². The topological polar surface area (TPSA) is 62.3 Å². The van der Waals surface area contributed by atoms with Gasteiger partial charge in [-0.15, -0.1) is 11.3 Å². The second kappa shape index (κ2) is 9.05. The molecule has 1 saturated heterocycles. The van der Waals surface area contributed by atoms with Gasteiger partial charge in [-0.3, -0.25) is 9.59 Å². The smallest absolute Gasteiger partial charge is 0.251 e. The third-order valence-corrected chi connectivity index (χ3v) is 6.97. The first-order valence-electron chi connectivity index (χ1n) is 9.77. The average molecular weight is 472 g/mol. The largest absolute Gasteiger partial charge is 0.352 e. The Labute approximate surface area is 182 Å². The Morgan fingerprint density at radius 3 is 2.55 bits per heavy atom. The van der Waals surface area contributed by atoms with Crippen molar-refractivity contribution in [3.8, 4) is 0 Å². The first kappa shape index (κ1) is 20.0. The summed E-state index contributed by atoms with van der Waals surface area (Å²) in [6.45, 7) is 1.85. The number of halogens is 1. The van der Waals surface area contributed by atoms with Gasteiger partial charge >= 0.3 is 0 Å². The van der Waals surface area contributed by atoms with Crippen LogP contribution < -0.4 is 5.32 Å². The lowest BCUT2D eigenvalue weighted by molar-refractivity contribution is -0.132. The number of nitrogens with zero attached hydrogens (tertiary/aromatic N) is 2. The number of nitrogens with one attached hydrogen (secondary N) is 1. The molecule has 5 nitrogen and oxygen atoms in total. The van der Waals surface area contributed by atoms with Crippen LogP contribution in [0.2, 0.25) is 0 Å².